The van der Waals surface area contributed by atoms with Gasteiger partial charge in [-0.05, 0) is 35.6 Å². The van der Waals surface area contributed by atoms with Crippen LogP contribution in [0.15, 0.2) is 54.4 Å². The first-order chi connectivity index (χ1) is 10.7. The summed E-state index contributed by atoms with van der Waals surface area (Å²) in [5, 5.41) is 10.8. The second-order valence-corrected chi connectivity index (χ2v) is 5.98. The quantitative estimate of drug-likeness (QED) is 0.731. The summed E-state index contributed by atoms with van der Waals surface area (Å²) in [5.41, 5.74) is 1.71. The van der Waals surface area contributed by atoms with Crippen LogP contribution in [0.1, 0.15) is 22.4 Å². The van der Waals surface area contributed by atoms with Gasteiger partial charge in [0.1, 0.15) is 0 Å². The highest BCUT2D eigenvalue weighted by molar-refractivity contribution is 7.09. The van der Waals surface area contributed by atoms with Crippen LogP contribution in [-0.4, -0.2) is 17.4 Å². The van der Waals surface area contributed by atoms with Gasteiger partial charge in [0.2, 0.25) is 5.91 Å². The van der Waals surface area contributed by atoms with Gasteiger partial charge < -0.3 is 4.90 Å². The number of hydrogen-bond acceptors (Lipinski definition) is 3. The molecule has 0 saturated heterocycles. The van der Waals surface area contributed by atoms with E-state index in [1.165, 1.54) is 4.88 Å². The van der Waals surface area contributed by atoms with Gasteiger partial charge in [-0.1, -0.05) is 24.3 Å². The fourth-order valence-electron chi connectivity index (χ4n) is 2.16. The van der Waals surface area contributed by atoms with Crippen molar-refractivity contribution in [3.63, 3.8) is 0 Å². The van der Waals surface area contributed by atoms with Crippen molar-refractivity contribution < 1.29 is 4.79 Å². The van der Waals surface area contributed by atoms with Crippen LogP contribution in [0.25, 0.3) is 0 Å². The molecule has 0 N–H and O–H groups in total. The topological polar surface area (TPSA) is 44.1 Å². The van der Waals surface area contributed by atoms with E-state index in [9.17, 15) is 4.79 Å². The lowest BCUT2D eigenvalue weighted by atomic mass is 10.1. The third-order valence-electron chi connectivity index (χ3n) is 3.34. The summed E-state index contributed by atoms with van der Waals surface area (Å²) in [5.74, 6) is 0.123. The number of carbonyl (C=O) groups excluding carboxylic acids is 1. The van der Waals surface area contributed by atoms with Gasteiger partial charge in [0.05, 0.1) is 18.2 Å². The molecular weight excluding hydrogens is 292 g/mol. The van der Waals surface area contributed by atoms with E-state index in [-0.39, 0.29) is 5.91 Å². The first-order valence-corrected chi connectivity index (χ1v) is 8.01. The number of nitriles is 1. The third kappa shape index (κ3) is 4.57. The van der Waals surface area contributed by atoms with Gasteiger partial charge >= 0.3 is 0 Å². The SMILES string of the molecule is C=CCN(Cc1cccs1)C(=O)CCc1ccc(C#N)cc1. The van der Waals surface area contributed by atoms with E-state index in [0.29, 0.717) is 31.5 Å². The summed E-state index contributed by atoms with van der Waals surface area (Å²) in [6, 6.07) is 13.5. The Hall–Kier alpha value is -2.38. The molecule has 112 valence electrons. The Balaban J connectivity index is 1.92. The fourth-order valence-corrected chi connectivity index (χ4v) is 2.88. The summed E-state index contributed by atoms with van der Waals surface area (Å²) in [6.45, 7) is 4.92. The maximum absolute atomic E-state index is 12.4. The van der Waals surface area contributed by atoms with Crippen molar-refractivity contribution in [1.29, 1.82) is 5.26 Å². The Bertz CT molecular complexity index is 653. The lowest BCUT2D eigenvalue weighted by molar-refractivity contribution is -0.131. The number of hydrogen-bond donors (Lipinski definition) is 0. The Morgan fingerprint density at radius 3 is 2.68 bits per heavy atom. The molecule has 1 aromatic heterocycles. The van der Waals surface area contributed by atoms with Gasteiger partial charge in [-0.3, -0.25) is 4.79 Å². The molecular formula is C18H18N2OS. The molecule has 1 aromatic carbocycles. The third-order valence-corrected chi connectivity index (χ3v) is 4.20. The van der Waals surface area contributed by atoms with Crippen molar-refractivity contribution in [2.75, 3.05) is 6.54 Å². The van der Waals surface area contributed by atoms with Gasteiger partial charge in [-0.25, -0.2) is 0 Å². The number of carbonyl (C=O) groups is 1. The van der Waals surface area contributed by atoms with Crippen molar-refractivity contribution in [1.82, 2.24) is 4.90 Å². The van der Waals surface area contributed by atoms with E-state index in [1.54, 1.807) is 29.5 Å². The van der Waals surface area contributed by atoms with Crippen LogP contribution in [0, 0.1) is 11.3 Å². The maximum Gasteiger partial charge on any atom is 0.223 e. The number of aryl methyl sites for hydroxylation is 1. The van der Waals surface area contributed by atoms with Crippen LogP contribution >= 0.6 is 11.3 Å². The van der Waals surface area contributed by atoms with E-state index in [2.05, 4.69) is 12.6 Å². The fraction of sp³-hybridized carbons (Fsp3) is 0.222. The van der Waals surface area contributed by atoms with Gasteiger partial charge in [0.15, 0.2) is 0 Å². The average Bonchev–Trinajstić information content (AvgIpc) is 3.06. The minimum Gasteiger partial charge on any atom is -0.334 e. The van der Waals surface area contributed by atoms with Gasteiger partial charge in [0, 0.05) is 17.8 Å². The van der Waals surface area contributed by atoms with Gasteiger partial charge in [-0.2, -0.15) is 5.26 Å². The Kier molecular flexibility index (Phi) is 5.93. The highest BCUT2D eigenvalue weighted by Gasteiger charge is 2.13. The lowest BCUT2D eigenvalue weighted by Gasteiger charge is -2.20. The van der Waals surface area contributed by atoms with Crippen molar-refractivity contribution in [2.45, 2.75) is 19.4 Å². The van der Waals surface area contributed by atoms with Crippen LogP contribution in [0.3, 0.4) is 0 Å². The summed E-state index contributed by atoms with van der Waals surface area (Å²) in [7, 11) is 0. The largest absolute Gasteiger partial charge is 0.334 e. The van der Waals surface area contributed by atoms with Crippen LogP contribution in [0.5, 0.6) is 0 Å². The zero-order valence-corrected chi connectivity index (χ0v) is 13.2. The molecule has 3 nitrogen and oxygen atoms in total. The Morgan fingerprint density at radius 2 is 2.09 bits per heavy atom. The highest BCUT2D eigenvalue weighted by atomic mass is 32.1. The molecule has 0 spiro atoms. The summed E-state index contributed by atoms with van der Waals surface area (Å²) in [6.07, 6.45) is 2.90. The molecule has 0 saturated carbocycles. The molecule has 0 atom stereocenters. The number of nitrogens with zero attached hydrogens (tertiary/aromatic N) is 2. The normalized spacial score (nSPS) is 9.95. The van der Waals surface area contributed by atoms with Crippen LogP contribution < -0.4 is 0 Å². The predicted octanol–water partition coefficient (Wildman–Crippen LogP) is 3.77. The molecule has 0 radical (unpaired) electrons. The smallest absolute Gasteiger partial charge is 0.223 e. The molecule has 1 amide bonds. The monoisotopic (exact) mass is 310 g/mol. The van der Waals surface area contributed by atoms with Crippen molar-refractivity contribution in [3.05, 3.63) is 70.4 Å². The Morgan fingerprint density at radius 1 is 1.32 bits per heavy atom. The predicted molar refractivity (Wildman–Crippen MR) is 89.4 cm³/mol. The summed E-state index contributed by atoms with van der Waals surface area (Å²) in [4.78, 5) is 15.4. The molecule has 1 heterocycles. The molecule has 0 fully saturated rings. The van der Waals surface area contributed by atoms with Crippen molar-refractivity contribution >= 4 is 17.2 Å². The van der Waals surface area contributed by atoms with Gasteiger partial charge in [-0.15, -0.1) is 17.9 Å². The number of thiophene rings is 1. The zero-order valence-electron chi connectivity index (χ0n) is 12.4. The molecule has 0 aliphatic heterocycles. The molecule has 4 heteroatoms. The number of benzene rings is 1. The van der Waals surface area contributed by atoms with Crippen LogP contribution in [-0.2, 0) is 17.8 Å². The van der Waals surface area contributed by atoms with E-state index < -0.39 is 0 Å². The summed E-state index contributed by atoms with van der Waals surface area (Å²) < 4.78 is 0. The molecule has 2 aromatic rings. The first kappa shape index (κ1) is 16.0. The lowest BCUT2D eigenvalue weighted by Crippen LogP contribution is -2.30. The standard InChI is InChI=1S/C18H18N2OS/c1-2-11-20(14-17-4-3-12-22-17)18(21)10-9-15-5-7-16(13-19)8-6-15/h2-8,12H,1,9-11,14H2. The molecule has 22 heavy (non-hydrogen) atoms. The molecule has 0 aliphatic carbocycles. The maximum atomic E-state index is 12.4. The zero-order chi connectivity index (χ0) is 15.8. The minimum absolute atomic E-state index is 0.123. The van der Waals surface area contributed by atoms with E-state index in [1.807, 2.05) is 34.5 Å². The van der Waals surface area contributed by atoms with E-state index in [0.717, 1.165) is 5.56 Å². The van der Waals surface area contributed by atoms with E-state index >= 15 is 0 Å². The minimum atomic E-state index is 0.123. The Labute approximate surface area is 135 Å². The van der Waals surface area contributed by atoms with Crippen LogP contribution in [0.4, 0.5) is 0 Å². The van der Waals surface area contributed by atoms with Crippen LogP contribution in [0.2, 0.25) is 0 Å². The summed E-state index contributed by atoms with van der Waals surface area (Å²) >= 11 is 1.65. The second-order valence-electron chi connectivity index (χ2n) is 4.95. The first-order valence-electron chi connectivity index (χ1n) is 7.13. The van der Waals surface area contributed by atoms with Crippen molar-refractivity contribution in [2.24, 2.45) is 0 Å². The van der Waals surface area contributed by atoms with Gasteiger partial charge in [0.25, 0.3) is 0 Å². The van der Waals surface area contributed by atoms with Crippen molar-refractivity contribution in [3.8, 4) is 6.07 Å². The molecule has 0 bridgehead atoms. The number of amides is 1. The van der Waals surface area contributed by atoms with E-state index in [4.69, 9.17) is 5.26 Å². The highest BCUT2D eigenvalue weighted by Crippen LogP contribution is 2.14. The second kappa shape index (κ2) is 8.16. The molecule has 0 aliphatic rings. The average molecular weight is 310 g/mol. The molecule has 2 rings (SSSR count). The number of rotatable bonds is 7. The molecule has 0 unspecified atom stereocenters.